The molecule has 25 heteroatoms. The standard InChI is InChI=1S/C44H54BrF2N15O6S/c1-44(2,3)68-43(64)55-32-23-61(22-30(32)47)42-57-38(35-39(58-42)60(4)25-50-35)54-33-24-62(59-40(33)67-5)20-11-9-7-6-8-10-19-51-69(65,66)27-17-15-26(16-18-27)52-41-49-21-28(45)37(56-41)53-31-14-12-13-29(46)34(31)36(48)63/h12-18,21,24-25,30,32,51H,6-11,19-20,22-23H2,1-5H3,(H2,48,63)(H,55,64)(H,54,57,58)(H2,49,52,53,56)/t30-,32-/m1/s1. The lowest BCUT2D eigenvalue weighted by Crippen LogP contribution is -2.44. The molecule has 2 atom stereocenters. The average Bonchev–Trinajstić information content (AvgIpc) is 3.99. The summed E-state index contributed by atoms with van der Waals surface area (Å²) in [5.41, 5.74) is 6.56. The van der Waals surface area contributed by atoms with E-state index in [0.717, 1.165) is 38.2 Å². The van der Waals surface area contributed by atoms with Gasteiger partial charge in [-0.3, -0.25) is 9.48 Å². The summed E-state index contributed by atoms with van der Waals surface area (Å²) in [4.78, 5) is 48.5. The second-order valence-electron chi connectivity index (χ2n) is 17.2. The Bertz CT molecular complexity index is 2900. The van der Waals surface area contributed by atoms with Crippen LogP contribution in [-0.4, -0.2) is 104 Å². The molecule has 0 aliphatic carbocycles. The SMILES string of the molecule is COc1nn(CCCCCCCCNS(=O)(=O)c2ccc(Nc3ncc(Br)c(Nc4cccc(F)c4C(N)=O)n3)cc2)cc1Nc1nc(N2C[C@@H](F)[C@H](NC(=O)OC(C)(C)C)C2)nc2c1ncn2C. The molecule has 69 heavy (non-hydrogen) atoms. The van der Waals surface area contributed by atoms with Gasteiger partial charge in [0.25, 0.3) is 11.8 Å². The maximum absolute atomic E-state index is 15.2. The van der Waals surface area contributed by atoms with Gasteiger partial charge in [-0.25, -0.2) is 36.7 Å². The Morgan fingerprint density at radius 3 is 2.38 bits per heavy atom. The third kappa shape index (κ3) is 12.9. The fourth-order valence-corrected chi connectivity index (χ4v) is 8.76. The van der Waals surface area contributed by atoms with Crippen LogP contribution in [0.2, 0.25) is 0 Å². The summed E-state index contributed by atoms with van der Waals surface area (Å²) in [5, 5.41) is 16.4. The number of benzene rings is 2. The van der Waals surface area contributed by atoms with Crippen LogP contribution in [0.5, 0.6) is 5.88 Å². The molecule has 5 heterocycles. The number of ether oxygens (including phenoxy) is 2. The zero-order valence-electron chi connectivity index (χ0n) is 38.6. The summed E-state index contributed by atoms with van der Waals surface area (Å²) >= 11 is 3.35. The van der Waals surface area contributed by atoms with Crippen LogP contribution in [0.4, 0.5) is 54.2 Å². The summed E-state index contributed by atoms with van der Waals surface area (Å²) in [7, 11) is -0.431. The van der Waals surface area contributed by atoms with Crippen LogP contribution in [0.1, 0.15) is 69.7 Å². The number of unbranched alkanes of at least 4 members (excludes halogenated alkanes) is 5. The molecule has 1 aliphatic heterocycles. The number of nitrogens with two attached hydrogens (primary N) is 1. The Balaban J connectivity index is 0.840. The number of nitrogens with zero attached hydrogens (tertiary/aromatic N) is 9. The number of carbonyl (C=O) groups is 2. The maximum atomic E-state index is 15.2. The van der Waals surface area contributed by atoms with Crippen molar-refractivity contribution in [2.24, 2.45) is 12.8 Å². The number of alkyl carbamates (subject to hydrolysis) is 1. The van der Waals surface area contributed by atoms with Gasteiger partial charge in [0.2, 0.25) is 21.9 Å². The van der Waals surface area contributed by atoms with Crippen molar-refractivity contribution in [2.45, 2.75) is 88.6 Å². The van der Waals surface area contributed by atoms with Gasteiger partial charge < -0.3 is 45.9 Å². The van der Waals surface area contributed by atoms with E-state index in [1.165, 1.54) is 37.6 Å². The first-order valence-corrected chi connectivity index (χ1v) is 24.4. The molecular weight excluding hydrogens is 985 g/mol. The summed E-state index contributed by atoms with van der Waals surface area (Å²) in [6.07, 6.45) is 8.01. The number of fused-ring (bicyclic) bond motifs is 1. The van der Waals surface area contributed by atoms with E-state index in [1.54, 1.807) is 60.4 Å². The molecule has 2 amide bonds. The van der Waals surface area contributed by atoms with Crippen molar-refractivity contribution in [1.29, 1.82) is 0 Å². The van der Waals surface area contributed by atoms with Crippen LogP contribution < -0.4 is 41.4 Å². The maximum Gasteiger partial charge on any atom is 0.408 e. The minimum absolute atomic E-state index is 0.0286. The van der Waals surface area contributed by atoms with E-state index in [-0.39, 0.29) is 53.5 Å². The number of halogens is 3. The number of hydrogen-bond acceptors (Lipinski definition) is 16. The van der Waals surface area contributed by atoms with Gasteiger partial charge in [-0.1, -0.05) is 31.7 Å². The van der Waals surface area contributed by atoms with Crippen LogP contribution in [0, 0.1) is 5.82 Å². The molecule has 0 radical (unpaired) electrons. The first-order chi connectivity index (χ1) is 32.9. The number of anilines is 7. The minimum Gasteiger partial charge on any atom is -0.478 e. The largest absolute Gasteiger partial charge is 0.478 e. The van der Waals surface area contributed by atoms with Gasteiger partial charge in [-0.05, 0) is 85.9 Å². The highest BCUT2D eigenvalue weighted by molar-refractivity contribution is 9.10. The van der Waals surface area contributed by atoms with Gasteiger partial charge in [-0.2, -0.15) is 15.0 Å². The molecule has 2 aromatic carbocycles. The highest BCUT2D eigenvalue weighted by atomic mass is 79.9. The Morgan fingerprint density at radius 1 is 0.928 bits per heavy atom. The number of amides is 2. The number of nitrogens with one attached hydrogen (secondary N) is 5. The lowest BCUT2D eigenvalue weighted by molar-refractivity contribution is 0.0490. The smallest absolute Gasteiger partial charge is 0.408 e. The van der Waals surface area contributed by atoms with Crippen molar-refractivity contribution in [3.63, 3.8) is 0 Å². The van der Waals surface area contributed by atoms with Crippen molar-refractivity contribution in [1.82, 2.24) is 49.3 Å². The highest BCUT2D eigenvalue weighted by Crippen LogP contribution is 2.32. The topological polar surface area (TPSA) is 263 Å². The number of methoxy groups -OCH3 is 1. The van der Waals surface area contributed by atoms with E-state index in [4.69, 9.17) is 20.2 Å². The van der Waals surface area contributed by atoms with E-state index in [1.807, 2.05) is 6.20 Å². The van der Waals surface area contributed by atoms with Gasteiger partial charge in [-0.15, -0.1) is 5.10 Å². The summed E-state index contributed by atoms with van der Waals surface area (Å²) < 4.78 is 73.1. The normalized spacial score (nSPS) is 15.0. The van der Waals surface area contributed by atoms with Crippen molar-refractivity contribution >= 4 is 89.7 Å². The first kappa shape index (κ1) is 50.2. The van der Waals surface area contributed by atoms with Gasteiger partial charge in [0.05, 0.1) is 52.8 Å². The van der Waals surface area contributed by atoms with Crippen molar-refractivity contribution in [2.75, 3.05) is 47.6 Å². The third-order valence-corrected chi connectivity index (χ3v) is 12.8. The van der Waals surface area contributed by atoms with Crippen LogP contribution in [0.3, 0.4) is 0 Å². The molecule has 7 N–H and O–H groups in total. The van der Waals surface area contributed by atoms with E-state index in [0.29, 0.717) is 51.7 Å². The summed E-state index contributed by atoms with van der Waals surface area (Å²) in [5.74, 6) is -0.330. The predicted octanol–water partition coefficient (Wildman–Crippen LogP) is 6.96. The molecule has 4 aromatic heterocycles. The predicted molar refractivity (Wildman–Crippen MR) is 259 cm³/mol. The fourth-order valence-electron chi connectivity index (χ4n) is 7.39. The van der Waals surface area contributed by atoms with Crippen LogP contribution >= 0.6 is 15.9 Å². The minimum atomic E-state index is -3.76. The molecule has 0 bridgehead atoms. The lowest BCUT2D eigenvalue weighted by Gasteiger charge is -2.22. The summed E-state index contributed by atoms with van der Waals surface area (Å²) in [6, 6.07) is 9.34. The van der Waals surface area contributed by atoms with E-state index < -0.39 is 45.7 Å². The molecule has 0 unspecified atom stereocenters. The highest BCUT2D eigenvalue weighted by Gasteiger charge is 2.37. The van der Waals surface area contributed by atoms with Crippen molar-refractivity contribution < 1.29 is 36.3 Å². The van der Waals surface area contributed by atoms with Gasteiger partial charge >= 0.3 is 6.09 Å². The van der Waals surface area contributed by atoms with Crippen LogP contribution in [0.25, 0.3) is 11.2 Å². The van der Waals surface area contributed by atoms with Gasteiger partial charge in [0.15, 0.2) is 17.0 Å². The molecule has 21 nitrogen and oxygen atoms in total. The number of aromatic nitrogens is 8. The Kier molecular flexibility index (Phi) is 15.8. The molecule has 1 fully saturated rings. The van der Waals surface area contributed by atoms with Crippen LogP contribution in [0.15, 0.2) is 70.6 Å². The number of alkyl halides is 1. The molecule has 368 valence electrons. The number of primary amides is 1. The number of imidazole rings is 1. The number of carbonyl (C=O) groups excluding carboxylic acids is 2. The van der Waals surface area contributed by atoms with Gasteiger partial charge in [0.1, 0.15) is 29.1 Å². The fraction of sp³-hybridized carbons (Fsp3) is 0.409. The molecule has 7 rings (SSSR count). The second kappa shape index (κ2) is 21.7. The molecule has 0 spiro atoms. The van der Waals surface area contributed by atoms with Crippen LogP contribution in [-0.2, 0) is 28.4 Å². The van der Waals surface area contributed by atoms with Crippen molar-refractivity contribution in [3.8, 4) is 5.88 Å². The number of sulfonamides is 1. The third-order valence-electron chi connectivity index (χ3n) is 10.7. The van der Waals surface area contributed by atoms with Gasteiger partial charge in [0, 0.05) is 38.6 Å². The monoisotopic (exact) mass is 1040 g/mol. The van der Waals surface area contributed by atoms with E-state index in [2.05, 4.69) is 67.0 Å². The zero-order valence-corrected chi connectivity index (χ0v) is 41.0. The van der Waals surface area contributed by atoms with E-state index >= 15 is 4.39 Å². The lowest BCUT2D eigenvalue weighted by atomic mass is 10.1. The number of aryl methyl sites for hydroxylation is 2. The zero-order chi connectivity index (χ0) is 49.5. The second-order valence-corrected chi connectivity index (χ2v) is 19.8. The summed E-state index contributed by atoms with van der Waals surface area (Å²) in [6.45, 7) is 6.25. The molecule has 1 aliphatic rings. The van der Waals surface area contributed by atoms with E-state index in [9.17, 15) is 22.4 Å². The number of hydrogen-bond donors (Lipinski definition) is 6. The number of rotatable bonds is 21. The quantitative estimate of drug-likeness (QED) is 0.0398. The molecule has 0 saturated carbocycles. The average molecular weight is 1040 g/mol. The molecule has 1 saturated heterocycles. The molecule has 6 aromatic rings. The van der Waals surface area contributed by atoms with Crippen molar-refractivity contribution in [3.05, 3.63) is 77.0 Å². The Hall–Kier alpha value is -6.73. The first-order valence-electron chi connectivity index (χ1n) is 22.1. The Morgan fingerprint density at radius 2 is 1.65 bits per heavy atom. The molecular formula is C44H54BrF2N15O6S. The Labute approximate surface area is 405 Å².